The van der Waals surface area contributed by atoms with E-state index in [1.807, 2.05) is 36.4 Å². The lowest BCUT2D eigenvalue weighted by Gasteiger charge is -2.15. The summed E-state index contributed by atoms with van der Waals surface area (Å²) >= 11 is 0. The maximum atomic E-state index is 12.0. The fourth-order valence-electron chi connectivity index (χ4n) is 3.00. The molecule has 0 bridgehead atoms. The number of hydrogen-bond acceptors (Lipinski definition) is 6. The Morgan fingerprint density at radius 2 is 2.04 bits per heavy atom. The molecule has 1 fully saturated rings. The van der Waals surface area contributed by atoms with Gasteiger partial charge in [-0.3, -0.25) is 4.79 Å². The molecule has 2 aromatic carbocycles. The minimum absolute atomic E-state index is 0.0651. The van der Waals surface area contributed by atoms with Gasteiger partial charge in [0.05, 0.1) is 24.5 Å². The van der Waals surface area contributed by atoms with E-state index in [1.165, 1.54) is 0 Å². The average molecular weight is 376 g/mol. The number of carbonyl (C=O) groups is 1. The number of amides is 1. The van der Waals surface area contributed by atoms with Crippen LogP contribution in [0.15, 0.2) is 60.8 Å². The molecule has 2 heterocycles. The standard InChI is InChI=1S/C21H20N4O3/c22-20(26)17-12-14(6-7-19(17)28-16-9-11-27-13-16)18-8-10-23-21(25-18)24-15-4-2-1-3-5-15/h1-8,10,12,16H,9,11,13H2,(H2,22,26)(H,23,24,25)/t16-/m1/s1. The Balaban J connectivity index is 1.60. The van der Waals surface area contributed by atoms with Crippen LogP contribution in [-0.4, -0.2) is 35.2 Å². The van der Waals surface area contributed by atoms with Crippen molar-refractivity contribution in [2.75, 3.05) is 18.5 Å². The number of primary amides is 1. The Morgan fingerprint density at radius 3 is 2.79 bits per heavy atom. The molecular formula is C21H20N4O3. The summed E-state index contributed by atoms with van der Waals surface area (Å²) in [4.78, 5) is 20.7. The summed E-state index contributed by atoms with van der Waals surface area (Å²) < 4.78 is 11.2. The van der Waals surface area contributed by atoms with Crippen LogP contribution in [0.1, 0.15) is 16.8 Å². The van der Waals surface area contributed by atoms with E-state index in [-0.39, 0.29) is 6.10 Å². The monoisotopic (exact) mass is 376 g/mol. The number of anilines is 2. The zero-order valence-corrected chi connectivity index (χ0v) is 15.2. The van der Waals surface area contributed by atoms with Crippen molar-refractivity contribution in [1.29, 1.82) is 0 Å². The number of rotatable bonds is 6. The zero-order chi connectivity index (χ0) is 19.3. The van der Waals surface area contributed by atoms with Crippen molar-refractivity contribution >= 4 is 17.5 Å². The Kier molecular flexibility index (Phi) is 5.16. The Morgan fingerprint density at radius 1 is 1.18 bits per heavy atom. The minimum atomic E-state index is -0.549. The van der Waals surface area contributed by atoms with Crippen molar-refractivity contribution in [3.63, 3.8) is 0 Å². The van der Waals surface area contributed by atoms with Gasteiger partial charge in [0.1, 0.15) is 11.9 Å². The fourth-order valence-corrected chi connectivity index (χ4v) is 3.00. The van der Waals surface area contributed by atoms with Crippen LogP contribution in [-0.2, 0) is 4.74 Å². The predicted molar refractivity (Wildman–Crippen MR) is 106 cm³/mol. The van der Waals surface area contributed by atoms with Gasteiger partial charge in [0.15, 0.2) is 0 Å². The molecule has 4 rings (SSSR count). The maximum Gasteiger partial charge on any atom is 0.252 e. The predicted octanol–water partition coefficient (Wildman–Crippen LogP) is 3.15. The van der Waals surface area contributed by atoms with Crippen LogP contribution in [0.25, 0.3) is 11.3 Å². The largest absolute Gasteiger partial charge is 0.487 e. The van der Waals surface area contributed by atoms with Crippen molar-refractivity contribution in [1.82, 2.24) is 9.97 Å². The molecule has 1 saturated heterocycles. The van der Waals surface area contributed by atoms with E-state index in [9.17, 15) is 4.79 Å². The molecule has 7 heteroatoms. The molecule has 0 radical (unpaired) electrons. The average Bonchev–Trinajstić information content (AvgIpc) is 3.22. The van der Waals surface area contributed by atoms with Crippen molar-refractivity contribution in [3.8, 4) is 17.0 Å². The second-order valence-corrected chi connectivity index (χ2v) is 6.44. The Labute approximate surface area is 162 Å². The first-order valence-corrected chi connectivity index (χ1v) is 9.03. The molecule has 1 amide bonds. The van der Waals surface area contributed by atoms with Crippen molar-refractivity contribution < 1.29 is 14.3 Å². The van der Waals surface area contributed by atoms with Crippen molar-refractivity contribution in [3.05, 3.63) is 66.4 Å². The molecule has 1 aliphatic heterocycles. The molecule has 0 saturated carbocycles. The molecule has 3 aromatic rings. The molecule has 0 spiro atoms. The molecule has 7 nitrogen and oxygen atoms in total. The number of aromatic nitrogens is 2. The fraction of sp³-hybridized carbons (Fsp3) is 0.190. The number of benzene rings is 2. The number of para-hydroxylation sites is 1. The van der Waals surface area contributed by atoms with Gasteiger partial charge in [0.25, 0.3) is 5.91 Å². The van der Waals surface area contributed by atoms with Crippen LogP contribution in [0.5, 0.6) is 5.75 Å². The highest BCUT2D eigenvalue weighted by molar-refractivity contribution is 5.97. The molecule has 142 valence electrons. The van der Waals surface area contributed by atoms with Gasteiger partial charge in [-0.05, 0) is 36.4 Å². The molecule has 28 heavy (non-hydrogen) atoms. The third-order valence-corrected chi connectivity index (χ3v) is 4.41. The second kappa shape index (κ2) is 8.06. The van der Waals surface area contributed by atoms with E-state index < -0.39 is 5.91 Å². The van der Waals surface area contributed by atoms with E-state index in [4.69, 9.17) is 15.2 Å². The van der Waals surface area contributed by atoms with E-state index in [0.717, 1.165) is 17.7 Å². The lowest BCUT2D eigenvalue weighted by Crippen LogP contribution is -2.19. The summed E-state index contributed by atoms with van der Waals surface area (Å²) in [7, 11) is 0. The molecule has 3 N–H and O–H groups in total. The third-order valence-electron chi connectivity index (χ3n) is 4.41. The van der Waals surface area contributed by atoms with Crippen LogP contribution >= 0.6 is 0 Å². The van der Waals surface area contributed by atoms with E-state index in [1.54, 1.807) is 24.4 Å². The smallest absolute Gasteiger partial charge is 0.252 e. The third kappa shape index (κ3) is 4.10. The quantitative estimate of drug-likeness (QED) is 0.686. The zero-order valence-electron chi connectivity index (χ0n) is 15.2. The molecule has 1 aromatic heterocycles. The van der Waals surface area contributed by atoms with Gasteiger partial charge < -0.3 is 20.5 Å². The summed E-state index contributed by atoms with van der Waals surface area (Å²) in [5, 5.41) is 3.16. The first-order valence-electron chi connectivity index (χ1n) is 9.03. The van der Waals surface area contributed by atoms with Crippen LogP contribution in [0.2, 0.25) is 0 Å². The molecule has 0 aliphatic carbocycles. The van der Waals surface area contributed by atoms with Gasteiger partial charge >= 0.3 is 0 Å². The van der Waals surface area contributed by atoms with Crippen LogP contribution < -0.4 is 15.8 Å². The van der Waals surface area contributed by atoms with Gasteiger partial charge in [-0.2, -0.15) is 0 Å². The van der Waals surface area contributed by atoms with Gasteiger partial charge in [0.2, 0.25) is 5.95 Å². The van der Waals surface area contributed by atoms with Crippen molar-refractivity contribution in [2.45, 2.75) is 12.5 Å². The lowest BCUT2D eigenvalue weighted by molar-refractivity contribution is 0.0989. The summed E-state index contributed by atoms with van der Waals surface area (Å²) in [5.41, 5.74) is 8.21. The van der Waals surface area contributed by atoms with E-state index in [2.05, 4.69) is 15.3 Å². The number of hydrogen-bond donors (Lipinski definition) is 2. The van der Waals surface area contributed by atoms with Gasteiger partial charge in [0, 0.05) is 23.9 Å². The summed E-state index contributed by atoms with van der Waals surface area (Å²) in [6.07, 6.45) is 2.39. The molecular weight excluding hydrogens is 356 g/mol. The summed E-state index contributed by atoms with van der Waals surface area (Å²) in [6.45, 7) is 1.17. The number of carbonyl (C=O) groups excluding carboxylic acids is 1. The number of nitrogens with one attached hydrogen (secondary N) is 1. The van der Waals surface area contributed by atoms with E-state index in [0.29, 0.717) is 36.2 Å². The normalized spacial score (nSPS) is 15.9. The molecule has 1 atom stereocenters. The number of ether oxygens (including phenoxy) is 2. The maximum absolute atomic E-state index is 12.0. The van der Waals surface area contributed by atoms with Crippen LogP contribution in [0, 0.1) is 0 Å². The Bertz CT molecular complexity index is 972. The minimum Gasteiger partial charge on any atom is -0.487 e. The topological polar surface area (TPSA) is 99.4 Å². The first kappa shape index (κ1) is 17.9. The summed E-state index contributed by atoms with van der Waals surface area (Å²) in [5.74, 6) is 0.378. The van der Waals surface area contributed by atoms with Gasteiger partial charge in [-0.25, -0.2) is 9.97 Å². The SMILES string of the molecule is NC(=O)c1cc(-c2ccnc(Nc3ccccc3)n2)ccc1O[C@@H]1CCOC1. The van der Waals surface area contributed by atoms with Crippen molar-refractivity contribution in [2.24, 2.45) is 5.73 Å². The van der Waals surface area contributed by atoms with Crippen LogP contribution in [0.3, 0.4) is 0 Å². The summed E-state index contributed by atoms with van der Waals surface area (Å²) in [6, 6.07) is 16.7. The van der Waals surface area contributed by atoms with Crippen LogP contribution in [0.4, 0.5) is 11.6 Å². The highest BCUT2D eigenvalue weighted by Crippen LogP contribution is 2.28. The lowest BCUT2D eigenvalue weighted by atomic mass is 10.1. The van der Waals surface area contributed by atoms with Gasteiger partial charge in [-0.15, -0.1) is 0 Å². The first-order chi connectivity index (χ1) is 13.7. The molecule has 1 aliphatic rings. The van der Waals surface area contributed by atoms with E-state index >= 15 is 0 Å². The highest BCUT2D eigenvalue weighted by Gasteiger charge is 2.20. The van der Waals surface area contributed by atoms with Gasteiger partial charge in [-0.1, -0.05) is 18.2 Å². The number of nitrogens with two attached hydrogens (primary N) is 1. The Hall–Kier alpha value is -3.45. The number of nitrogens with zero attached hydrogens (tertiary/aromatic N) is 2. The molecule has 0 unspecified atom stereocenters. The second-order valence-electron chi connectivity index (χ2n) is 6.44. The highest BCUT2D eigenvalue weighted by atomic mass is 16.5.